The van der Waals surface area contributed by atoms with Crippen molar-refractivity contribution in [2.75, 3.05) is 11.1 Å². The molecule has 2 aromatic rings. The van der Waals surface area contributed by atoms with E-state index in [0.717, 1.165) is 66.1 Å². The van der Waals surface area contributed by atoms with Crippen molar-refractivity contribution >= 4 is 38.9 Å². The minimum atomic E-state index is -0.219. The van der Waals surface area contributed by atoms with Crippen LogP contribution >= 0.6 is 21.6 Å². The Morgan fingerprint density at radius 3 is 2.23 bits per heavy atom. The Bertz CT molecular complexity index is 829. The molecule has 1 aliphatic carbocycles. The normalized spacial score (nSPS) is 15.8. The highest BCUT2D eigenvalue weighted by Gasteiger charge is 2.40. The predicted octanol–water partition coefficient (Wildman–Crippen LogP) is 7.78. The SMILES string of the molecule is CCC(CC)CC1(C(=O)Nc2ccccc2SSc2ccccc2N)CCCCC1. The van der Waals surface area contributed by atoms with Crippen molar-refractivity contribution in [3.8, 4) is 0 Å². The Morgan fingerprint density at radius 2 is 1.57 bits per heavy atom. The summed E-state index contributed by atoms with van der Waals surface area (Å²) in [5, 5.41) is 3.32. The number of rotatable bonds is 9. The quantitative estimate of drug-likeness (QED) is 0.307. The first-order valence-electron chi connectivity index (χ1n) is 11.2. The average molecular weight is 443 g/mol. The number of nitrogens with two attached hydrogens (primary N) is 1. The molecule has 1 fully saturated rings. The van der Waals surface area contributed by atoms with Gasteiger partial charge in [0.25, 0.3) is 0 Å². The molecule has 30 heavy (non-hydrogen) atoms. The number of carbonyl (C=O) groups excluding carboxylic acids is 1. The third-order valence-electron chi connectivity index (χ3n) is 6.40. The number of hydrogen-bond acceptors (Lipinski definition) is 4. The zero-order valence-corrected chi connectivity index (χ0v) is 19.8. The van der Waals surface area contributed by atoms with Crippen LogP contribution in [0.1, 0.15) is 65.2 Å². The molecule has 0 heterocycles. The summed E-state index contributed by atoms with van der Waals surface area (Å²) in [5.41, 5.74) is 7.56. The van der Waals surface area contributed by atoms with Gasteiger partial charge in [-0.15, -0.1) is 0 Å². The highest BCUT2D eigenvalue weighted by atomic mass is 33.1. The van der Waals surface area contributed by atoms with Gasteiger partial charge in [-0.2, -0.15) is 0 Å². The molecule has 0 unspecified atom stereocenters. The van der Waals surface area contributed by atoms with Gasteiger partial charge in [0.1, 0.15) is 0 Å². The molecule has 0 saturated heterocycles. The molecule has 0 radical (unpaired) electrons. The van der Waals surface area contributed by atoms with Crippen LogP contribution in [-0.4, -0.2) is 5.91 Å². The van der Waals surface area contributed by atoms with Crippen LogP contribution in [-0.2, 0) is 4.79 Å². The molecule has 1 saturated carbocycles. The molecule has 1 amide bonds. The van der Waals surface area contributed by atoms with Crippen LogP contribution in [0.3, 0.4) is 0 Å². The fourth-order valence-electron chi connectivity index (χ4n) is 4.43. The first kappa shape index (κ1) is 23.1. The number of benzene rings is 2. The van der Waals surface area contributed by atoms with E-state index in [9.17, 15) is 4.79 Å². The van der Waals surface area contributed by atoms with Crippen LogP contribution in [0.2, 0.25) is 0 Å². The van der Waals surface area contributed by atoms with Crippen LogP contribution < -0.4 is 11.1 Å². The monoisotopic (exact) mass is 442 g/mol. The molecule has 5 heteroatoms. The molecule has 162 valence electrons. The Hall–Kier alpha value is -1.59. The molecular weight excluding hydrogens is 408 g/mol. The molecule has 2 aromatic carbocycles. The average Bonchev–Trinajstić information content (AvgIpc) is 2.78. The van der Waals surface area contributed by atoms with Gasteiger partial charge >= 0.3 is 0 Å². The zero-order chi connectivity index (χ0) is 21.4. The van der Waals surface area contributed by atoms with Gasteiger partial charge in [-0.1, -0.05) is 91.8 Å². The van der Waals surface area contributed by atoms with Gasteiger partial charge in [0.05, 0.1) is 5.69 Å². The van der Waals surface area contributed by atoms with Crippen LogP contribution in [0.15, 0.2) is 58.3 Å². The maximum absolute atomic E-state index is 13.6. The van der Waals surface area contributed by atoms with E-state index >= 15 is 0 Å². The molecular formula is C25H34N2OS2. The highest BCUT2D eigenvalue weighted by molar-refractivity contribution is 8.76. The van der Waals surface area contributed by atoms with E-state index in [-0.39, 0.29) is 11.3 Å². The fraction of sp³-hybridized carbons (Fsp3) is 0.480. The van der Waals surface area contributed by atoms with Crippen molar-refractivity contribution in [3.63, 3.8) is 0 Å². The molecule has 0 atom stereocenters. The van der Waals surface area contributed by atoms with Crippen molar-refractivity contribution in [2.24, 2.45) is 11.3 Å². The summed E-state index contributed by atoms with van der Waals surface area (Å²) in [6.07, 6.45) is 8.90. The Balaban J connectivity index is 1.75. The second-order valence-electron chi connectivity index (χ2n) is 8.38. The minimum Gasteiger partial charge on any atom is -0.398 e. The zero-order valence-electron chi connectivity index (χ0n) is 18.2. The number of nitrogens with one attached hydrogen (secondary N) is 1. The smallest absolute Gasteiger partial charge is 0.230 e. The van der Waals surface area contributed by atoms with E-state index in [4.69, 9.17) is 5.73 Å². The topological polar surface area (TPSA) is 55.1 Å². The van der Waals surface area contributed by atoms with Gasteiger partial charge in [-0.3, -0.25) is 4.79 Å². The van der Waals surface area contributed by atoms with Crippen LogP contribution in [0.4, 0.5) is 11.4 Å². The number of nitrogen functional groups attached to an aromatic ring is 1. The van der Waals surface area contributed by atoms with E-state index in [1.807, 2.05) is 42.5 Å². The lowest BCUT2D eigenvalue weighted by Crippen LogP contribution is -2.39. The fourth-order valence-corrected chi connectivity index (χ4v) is 6.68. The highest BCUT2D eigenvalue weighted by Crippen LogP contribution is 2.46. The van der Waals surface area contributed by atoms with Gasteiger partial charge in [0.15, 0.2) is 0 Å². The third kappa shape index (κ3) is 5.76. The van der Waals surface area contributed by atoms with E-state index in [1.54, 1.807) is 21.6 Å². The Morgan fingerprint density at radius 1 is 0.967 bits per heavy atom. The lowest BCUT2D eigenvalue weighted by Gasteiger charge is -2.38. The van der Waals surface area contributed by atoms with Gasteiger partial charge < -0.3 is 11.1 Å². The Labute approximate surface area is 189 Å². The number of anilines is 2. The summed E-state index contributed by atoms with van der Waals surface area (Å²) in [7, 11) is 3.28. The van der Waals surface area contributed by atoms with Crippen molar-refractivity contribution < 1.29 is 4.79 Å². The number of hydrogen-bond donors (Lipinski definition) is 2. The minimum absolute atomic E-state index is 0.214. The lowest BCUT2D eigenvalue weighted by molar-refractivity contribution is -0.128. The molecule has 3 N–H and O–H groups in total. The molecule has 3 nitrogen and oxygen atoms in total. The van der Waals surface area contributed by atoms with Crippen LogP contribution in [0, 0.1) is 11.3 Å². The van der Waals surface area contributed by atoms with Crippen molar-refractivity contribution in [1.29, 1.82) is 0 Å². The summed E-state index contributed by atoms with van der Waals surface area (Å²) in [6.45, 7) is 4.50. The van der Waals surface area contributed by atoms with Crippen molar-refractivity contribution in [1.82, 2.24) is 0 Å². The van der Waals surface area contributed by atoms with E-state index in [2.05, 4.69) is 25.2 Å². The largest absolute Gasteiger partial charge is 0.398 e. The van der Waals surface area contributed by atoms with Crippen LogP contribution in [0.5, 0.6) is 0 Å². The second-order valence-corrected chi connectivity index (χ2v) is 10.6. The summed E-state index contributed by atoms with van der Waals surface area (Å²) < 4.78 is 0. The molecule has 0 aromatic heterocycles. The van der Waals surface area contributed by atoms with Gasteiger partial charge in [-0.05, 0) is 49.4 Å². The second kappa shape index (κ2) is 11.1. The number of amides is 1. The van der Waals surface area contributed by atoms with E-state index in [1.165, 1.54) is 6.42 Å². The van der Waals surface area contributed by atoms with Crippen molar-refractivity contribution in [3.05, 3.63) is 48.5 Å². The van der Waals surface area contributed by atoms with Gasteiger partial charge in [-0.25, -0.2) is 0 Å². The predicted molar refractivity (Wildman–Crippen MR) is 132 cm³/mol. The lowest BCUT2D eigenvalue weighted by atomic mass is 9.67. The molecule has 1 aliphatic rings. The first-order chi connectivity index (χ1) is 14.6. The maximum Gasteiger partial charge on any atom is 0.230 e. The van der Waals surface area contributed by atoms with Gasteiger partial charge in [0.2, 0.25) is 5.91 Å². The van der Waals surface area contributed by atoms with E-state index in [0.29, 0.717) is 5.92 Å². The maximum atomic E-state index is 13.6. The number of para-hydroxylation sites is 2. The molecule has 0 bridgehead atoms. The Kier molecular flexibility index (Phi) is 8.58. The molecule has 3 rings (SSSR count). The van der Waals surface area contributed by atoms with Gasteiger partial charge in [0, 0.05) is 20.9 Å². The van der Waals surface area contributed by atoms with Crippen molar-refractivity contribution in [2.45, 2.75) is 75.0 Å². The first-order valence-corrected chi connectivity index (χ1v) is 13.3. The third-order valence-corrected chi connectivity index (χ3v) is 8.90. The summed E-state index contributed by atoms with van der Waals surface area (Å²) >= 11 is 0. The standard InChI is InChI=1S/C25H34N2OS2/c1-3-19(4-2)18-25(16-10-5-11-17-25)24(28)27-21-13-7-9-15-23(21)30-29-22-14-8-6-12-20(22)26/h6-9,12-15,19H,3-5,10-11,16-18,26H2,1-2H3,(H,27,28). The summed E-state index contributed by atoms with van der Waals surface area (Å²) in [5.74, 6) is 0.835. The number of carbonyl (C=O) groups is 1. The summed E-state index contributed by atoms with van der Waals surface area (Å²) in [4.78, 5) is 15.7. The summed E-state index contributed by atoms with van der Waals surface area (Å²) in [6, 6.07) is 16.0. The molecule has 0 aliphatic heterocycles. The van der Waals surface area contributed by atoms with Crippen LogP contribution in [0.25, 0.3) is 0 Å². The van der Waals surface area contributed by atoms with E-state index < -0.39 is 0 Å². The molecule has 0 spiro atoms.